The van der Waals surface area contributed by atoms with Gasteiger partial charge in [0.05, 0.1) is 13.2 Å². The molecule has 168 valence electrons. The van der Waals surface area contributed by atoms with Gasteiger partial charge in [0.1, 0.15) is 4.21 Å². The first-order valence-electron chi connectivity index (χ1n) is 10.4. The molecule has 2 N–H and O–H groups in total. The van der Waals surface area contributed by atoms with E-state index in [1.807, 2.05) is 24.3 Å². The average Bonchev–Trinajstić information content (AvgIpc) is 3.36. The van der Waals surface area contributed by atoms with Crippen LogP contribution in [0.15, 0.2) is 70.3 Å². The summed E-state index contributed by atoms with van der Waals surface area (Å²) in [5.74, 6) is -0.251. The molecule has 0 atom stereocenters. The summed E-state index contributed by atoms with van der Waals surface area (Å²) in [6.07, 6.45) is 0.955. The maximum atomic E-state index is 12.5. The zero-order valence-corrected chi connectivity index (χ0v) is 19.1. The van der Waals surface area contributed by atoms with E-state index >= 15 is 0 Å². The van der Waals surface area contributed by atoms with Gasteiger partial charge in [0, 0.05) is 36.6 Å². The first-order chi connectivity index (χ1) is 15.5. The van der Waals surface area contributed by atoms with Crippen molar-refractivity contribution in [2.45, 2.75) is 10.6 Å². The Labute approximate surface area is 192 Å². The van der Waals surface area contributed by atoms with Crippen molar-refractivity contribution in [3.8, 4) is 0 Å². The van der Waals surface area contributed by atoms with Crippen molar-refractivity contribution >= 4 is 38.6 Å². The van der Waals surface area contributed by atoms with Gasteiger partial charge in [-0.05, 0) is 59.8 Å². The minimum absolute atomic E-state index is 0.243. The third-order valence-electron chi connectivity index (χ3n) is 5.19. The first kappa shape index (κ1) is 22.5. The Hall–Kier alpha value is -2.72. The Morgan fingerprint density at radius 2 is 1.66 bits per heavy atom. The van der Waals surface area contributed by atoms with Gasteiger partial charge in [-0.15, -0.1) is 11.3 Å². The number of benzene rings is 2. The van der Waals surface area contributed by atoms with Gasteiger partial charge < -0.3 is 10.1 Å². The quantitative estimate of drug-likeness (QED) is 0.523. The number of amides is 1. The van der Waals surface area contributed by atoms with E-state index < -0.39 is 10.0 Å². The van der Waals surface area contributed by atoms with E-state index in [4.69, 9.17) is 4.74 Å². The molecule has 1 aliphatic heterocycles. The Balaban J connectivity index is 1.30. The SMILES string of the molecule is O=C(Nc1ccc(CCN2CCOCC2)cc1)c1ccc(NS(=O)(=O)c2cccs2)cc1. The molecule has 1 saturated heterocycles. The van der Waals surface area contributed by atoms with Crippen LogP contribution in [0.5, 0.6) is 0 Å². The van der Waals surface area contributed by atoms with Crippen LogP contribution >= 0.6 is 11.3 Å². The van der Waals surface area contributed by atoms with Crippen LogP contribution in [0, 0.1) is 0 Å². The largest absolute Gasteiger partial charge is 0.379 e. The number of sulfonamides is 1. The molecule has 4 rings (SSSR count). The zero-order chi connectivity index (χ0) is 22.4. The molecule has 0 spiro atoms. The van der Waals surface area contributed by atoms with Crippen LogP contribution in [0.4, 0.5) is 11.4 Å². The summed E-state index contributed by atoms with van der Waals surface area (Å²) < 4.78 is 32.7. The Bertz CT molecular complexity index is 1120. The van der Waals surface area contributed by atoms with E-state index in [0.29, 0.717) is 16.9 Å². The lowest BCUT2D eigenvalue weighted by Gasteiger charge is -2.26. The van der Waals surface area contributed by atoms with Crippen LogP contribution in [0.25, 0.3) is 0 Å². The summed E-state index contributed by atoms with van der Waals surface area (Å²) in [5, 5.41) is 4.59. The minimum atomic E-state index is -3.61. The molecule has 2 aromatic carbocycles. The number of carbonyl (C=O) groups excluding carboxylic acids is 1. The Kier molecular flexibility index (Phi) is 7.21. The summed E-state index contributed by atoms with van der Waals surface area (Å²) in [5.41, 5.74) is 2.78. The fourth-order valence-corrected chi connectivity index (χ4v) is 5.43. The van der Waals surface area contributed by atoms with Gasteiger partial charge in [0.15, 0.2) is 0 Å². The molecular formula is C23H25N3O4S2. The van der Waals surface area contributed by atoms with Crippen molar-refractivity contribution in [1.29, 1.82) is 0 Å². The lowest BCUT2D eigenvalue weighted by molar-refractivity contribution is 0.0384. The highest BCUT2D eigenvalue weighted by Crippen LogP contribution is 2.21. The van der Waals surface area contributed by atoms with Crippen LogP contribution in [0.2, 0.25) is 0 Å². The number of ether oxygens (including phenoxy) is 1. The fourth-order valence-electron chi connectivity index (χ4n) is 3.38. The number of carbonyl (C=O) groups is 1. The topological polar surface area (TPSA) is 87.7 Å². The van der Waals surface area contributed by atoms with E-state index in [1.54, 1.807) is 41.8 Å². The Morgan fingerprint density at radius 1 is 0.969 bits per heavy atom. The molecule has 1 amide bonds. The predicted octanol–water partition coefficient (Wildman–Crippen LogP) is 3.68. The Morgan fingerprint density at radius 3 is 2.31 bits per heavy atom. The summed E-state index contributed by atoms with van der Waals surface area (Å²) in [6, 6.07) is 17.4. The third kappa shape index (κ3) is 5.95. The van der Waals surface area contributed by atoms with Crippen LogP contribution in [0.3, 0.4) is 0 Å². The summed E-state index contributed by atoms with van der Waals surface area (Å²) >= 11 is 1.15. The van der Waals surface area contributed by atoms with Crippen LogP contribution in [-0.2, 0) is 21.2 Å². The van der Waals surface area contributed by atoms with Crippen LogP contribution in [-0.4, -0.2) is 52.1 Å². The number of hydrogen-bond donors (Lipinski definition) is 2. The van der Waals surface area contributed by atoms with Crippen molar-refractivity contribution < 1.29 is 17.9 Å². The van der Waals surface area contributed by atoms with Crippen LogP contribution < -0.4 is 10.0 Å². The molecule has 0 aliphatic carbocycles. The monoisotopic (exact) mass is 471 g/mol. The zero-order valence-electron chi connectivity index (χ0n) is 17.5. The number of hydrogen-bond acceptors (Lipinski definition) is 6. The lowest BCUT2D eigenvalue weighted by Crippen LogP contribution is -2.37. The second-order valence-corrected chi connectivity index (χ2v) is 10.3. The predicted molar refractivity (Wildman–Crippen MR) is 127 cm³/mol. The van der Waals surface area contributed by atoms with Crippen molar-refractivity contribution in [3.63, 3.8) is 0 Å². The second kappa shape index (κ2) is 10.3. The minimum Gasteiger partial charge on any atom is -0.379 e. The number of nitrogens with one attached hydrogen (secondary N) is 2. The van der Waals surface area contributed by atoms with Gasteiger partial charge in [-0.3, -0.25) is 14.4 Å². The molecule has 0 radical (unpaired) electrons. The maximum absolute atomic E-state index is 12.5. The lowest BCUT2D eigenvalue weighted by atomic mass is 10.1. The number of anilines is 2. The molecule has 7 nitrogen and oxygen atoms in total. The molecular weight excluding hydrogens is 446 g/mol. The molecule has 3 aromatic rings. The van der Waals surface area contributed by atoms with E-state index in [0.717, 1.165) is 50.6 Å². The van der Waals surface area contributed by atoms with E-state index in [1.165, 1.54) is 5.56 Å². The number of thiophene rings is 1. The maximum Gasteiger partial charge on any atom is 0.271 e. The molecule has 9 heteroatoms. The van der Waals surface area contributed by atoms with Gasteiger partial charge in [0.25, 0.3) is 15.9 Å². The highest BCUT2D eigenvalue weighted by atomic mass is 32.2. The third-order valence-corrected chi connectivity index (χ3v) is 7.97. The summed E-state index contributed by atoms with van der Waals surface area (Å²) in [4.78, 5) is 14.9. The molecule has 0 unspecified atom stereocenters. The number of rotatable bonds is 8. The number of morpholine rings is 1. The number of nitrogens with zero attached hydrogens (tertiary/aromatic N) is 1. The van der Waals surface area contributed by atoms with Crippen molar-refractivity contribution in [2.24, 2.45) is 0 Å². The summed E-state index contributed by atoms with van der Waals surface area (Å²) in [6.45, 7) is 4.54. The summed E-state index contributed by atoms with van der Waals surface area (Å²) in [7, 11) is -3.61. The van der Waals surface area contributed by atoms with Gasteiger partial charge in [-0.2, -0.15) is 0 Å². The van der Waals surface area contributed by atoms with Gasteiger partial charge in [-0.25, -0.2) is 8.42 Å². The van der Waals surface area contributed by atoms with Crippen LogP contribution in [0.1, 0.15) is 15.9 Å². The van der Waals surface area contributed by atoms with E-state index in [9.17, 15) is 13.2 Å². The normalized spacial score (nSPS) is 14.8. The highest BCUT2D eigenvalue weighted by molar-refractivity contribution is 7.94. The molecule has 32 heavy (non-hydrogen) atoms. The standard InChI is InChI=1S/C23H25N3O4S2/c27-23(19-5-9-21(10-6-19)25-32(28,29)22-2-1-17-31-22)24-20-7-3-18(4-8-20)11-12-26-13-15-30-16-14-26/h1-10,17,25H,11-16H2,(H,24,27). The molecule has 0 saturated carbocycles. The van der Waals surface area contributed by atoms with Crippen molar-refractivity contribution in [3.05, 3.63) is 77.2 Å². The molecule has 0 bridgehead atoms. The second-order valence-electron chi connectivity index (χ2n) is 7.47. The molecule has 1 aromatic heterocycles. The highest BCUT2D eigenvalue weighted by Gasteiger charge is 2.15. The molecule has 1 aliphatic rings. The van der Waals surface area contributed by atoms with Gasteiger partial charge in [0.2, 0.25) is 0 Å². The average molecular weight is 472 g/mol. The fraction of sp³-hybridized carbons (Fsp3) is 0.261. The van der Waals surface area contributed by atoms with E-state index in [2.05, 4.69) is 14.9 Å². The van der Waals surface area contributed by atoms with Gasteiger partial charge >= 0.3 is 0 Å². The van der Waals surface area contributed by atoms with Crippen molar-refractivity contribution in [2.75, 3.05) is 42.9 Å². The smallest absolute Gasteiger partial charge is 0.271 e. The van der Waals surface area contributed by atoms with E-state index in [-0.39, 0.29) is 10.1 Å². The molecule has 2 heterocycles. The first-order valence-corrected chi connectivity index (χ1v) is 12.7. The van der Waals surface area contributed by atoms with Crippen molar-refractivity contribution in [1.82, 2.24) is 4.90 Å². The molecule has 1 fully saturated rings. The van der Waals surface area contributed by atoms with Gasteiger partial charge in [-0.1, -0.05) is 18.2 Å².